The fourth-order valence-corrected chi connectivity index (χ4v) is 4.56. The minimum atomic E-state index is -0.379. The number of anilines is 2. The molecule has 2 aromatic heterocycles. The number of pyridine rings is 1. The van der Waals surface area contributed by atoms with Crippen LogP contribution in [-0.2, 0) is 11.8 Å². The molecule has 1 aliphatic heterocycles. The first-order valence-corrected chi connectivity index (χ1v) is 11.1. The summed E-state index contributed by atoms with van der Waals surface area (Å²) in [7, 11) is 3.33. The summed E-state index contributed by atoms with van der Waals surface area (Å²) in [5.74, 6) is 1.19. The summed E-state index contributed by atoms with van der Waals surface area (Å²) in [6, 6.07) is 7.37. The third-order valence-electron chi connectivity index (χ3n) is 6.66. The fraction of sp³-hybridized carbons (Fsp3) is 0.360. The van der Waals surface area contributed by atoms with E-state index in [1.165, 1.54) is 13.2 Å². The normalized spacial score (nSPS) is 22.3. The lowest BCUT2D eigenvalue weighted by molar-refractivity contribution is -0.180. The van der Waals surface area contributed by atoms with Crippen LogP contribution >= 0.6 is 0 Å². The van der Waals surface area contributed by atoms with Crippen LogP contribution in [0.3, 0.4) is 0 Å². The summed E-state index contributed by atoms with van der Waals surface area (Å²) in [5.41, 5.74) is 9.68. The van der Waals surface area contributed by atoms with Gasteiger partial charge >= 0.3 is 0 Å². The second-order valence-electron chi connectivity index (χ2n) is 8.75. The maximum Gasteiger partial charge on any atom is 0.165 e. The largest absolute Gasteiger partial charge is 0.494 e. The van der Waals surface area contributed by atoms with Crippen molar-refractivity contribution in [2.45, 2.75) is 30.9 Å². The Hall–Kier alpha value is -3.39. The highest BCUT2D eigenvalue weighted by molar-refractivity contribution is 5.67. The molecule has 2 fully saturated rings. The zero-order valence-corrected chi connectivity index (χ0v) is 18.7. The number of nitrogens with two attached hydrogens (primary N) is 1. The van der Waals surface area contributed by atoms with Gasteiger partial charge < -0.3 is 20.5 Å². The van der Waals surface area contributed by atoms with Crippen molar-refractivity contribution in [1.82, 2.24) is 14.8 Å². The van der Waals surface area contributed by atoms with Crippen LogP contribution in [-0.4, -0.2) is 40.6 Å². The number of nitrogens with zero attached hydrogens (tertiary/aromatic N) is 3. The van der Waals surface area contributed by atoms with Gasteiger partial charge in [-0.3, -0.25) is 4.68 Å². The Balaban J connectivity index is 1.30. The molecular formula is C25H28FN5O2. The molecule has 2 aliphatic rings. The molecule has 1 saturated carbocycles. The average Bonchev–Trinajstić information content (AvgIpc) is 3.21. The SMILES string of the molecule is COc1ccc(C(C/C=C\c2cnc(NC3CC4OCC34)cc2N)c2cnn(C)c2)cc1F. The van der Waals surface area contributed by atoms with Gasteiger partial charge in [0.15, 0.2) is 11.6 Å². The molecule has 1 aromatic carbocycles. The first-order chi connectivity index (χ1) is 16.0. The summed E-state index contributed by atoms with van der Waals surface area (Å²) in [5, 5.41) is 7.75. The molecule has 7 nitrogen and oxygen atoms in total. The number of allylic oxidation sites excluding steroid dienone is 1. The fourth-order valence-electron chi connectivity index (χ4n) is 4.56. The molecule has 3 N–H and O–H groups in total. The molecule has 8 heteroatoms. The smallest absolute Gasteiger partial charge is 0.165 e. The van der Waals surface area contributed by atoms with E-state index in [0.717, 1.165) is 35.5 Å². The second kappa shape index (κ2) is 8.86. The minimum Gasteiger partial charge on any atom is -0.494 e. The van der Waals surface area contributed by atoms with Crippen molar-refractivity contribution < 1.29 is 13.9 Å². The standard InChI is InChI=1S/C25H28FN5O2/c1-31-13-17(12-29-31)18(15-6-7-23(32-2)20(26)8-15)5-3-4-16-11-28-25(9-21(16)27)30-22-10-24-19(22)14-33-24/h3-4,6-9,11-13,18-19,22,24H,5,10,14H2,1-2H3,(H3,27,28,30)/b4-3-. The number of nitrogens with one attached hydrogen (secondary N) is 1. The van der Waals surface area contributed by atoms with Crippen LogP contribution < -0.4 is 15.8 Å². The van der Waals surface area contributed by atoms with E-state index >= 15 is 0 Å². The first kappa shape index (κ1) is 21.5. The molecule has 3 heterocycles. The summed E-state index contributed by atoms with van der Waals surface area (Å²) in [4.78, 5) is 4.53. The highest BCUT2D eigenvalue weighted by Gasteiger charge is 2.48. The van der Waals surface area contributed by atoms with Crippen molar-refractivity contribution in [3.8, 4) is 5.75 Å². The number of benzene rings is 1. The molecule has 0 bridgehead atoms. The second-order valence-corrected chi connectivity index (χ2v) is 8.75. The number of halogens is 1. The van der Waals surface area contributed by atoms with Gasteiger partial charge in [0.1, 0.15) is 5.82 Å². The lowest BCUT2D eigenvalue weighted by atomic mass is 9.73. The Bertz CT molecular complexity index is 1180. The van der Waals surface area contributed by atoms with Gasteiger partial charge in [-0.1, -0.05) is 18.2 Å². The lowest BCUT2D eigenvalue weighted by Crippen LogP contribution is -2.61. The van der Waals surface area contributed by atoms with E-state index in [1.807, 2.05) is 43.7 Å². The molecule has 3 aromatic rings. The summed E-state index contributed by atoms with van der Waals surface area (Å²) in [6.07, 6.45) is 11.7. The van der Waals surface area contributed by atoms with Crippen LogP contribution in [0.15, 0.2) is 48.9 Å². The number of ether oxygens (including phenoxy) is 2. The van der Waals surface area contributed by atoms with Crippen LogP contribution in [0.4, 0.5) is 15.9 Å². The molecular weight excluding hydrogens is 421 g/mol. The molecule has 4 unspecified atom stereocenters. The number of fused-ring (bicyclic) bond motifs is 1. The molecule has 172 valence electrons. The van der Waals surface area contributed by atoms with E-state index < -0.39 is 0 Å². The molecule has 0 spiro atoms. The number of hydrogen-bond acceptors (Lipinski definition) is 6. The zero-order valence-electron chi connectivity index (χ0n) is 18.7. The molecule has 0 amide bonds. The van der Waals surface area contributed by atoms with Gasteiger partial charge in [0.2, 0.25) is 0 Å². The minimum absolute atomic E-state index is 0.0539. The van der Waals surface area contributed by atoms with E-state index in [1.54, 1.807) is 16.9 Å². The Labute approximate surface area is 192 Å². The Morgan fingerprint density at radius 3 is 2.82 bits per heavy atom. The summed E-state index contributed by atoms with van der Waals surface area (Å²) >= 11 is 0. The van der Waals surface area contributed by atoms with Gasteiger partial charge in [0.05, 0.1) is 26.0 Å². The van der Waals surface area contributed by atoms with E-state index in [-0.39, 0.29) is 17.5 Å². The number of rotatable bonds is 8. The Kier molecular flexibility index (Phi) is 5.76. The number of aromatic nitrogens is 3. The molecule has 5 rings (SSSR count). The first-order valence-electron chi connectivity index (χ1n) is 11.1. The van der Waals surface area contributed by atoms with E-state index in [0.29, 0.717) is 30.2 Å². The van der Waals surface area contributed by atoms with Gasteiger partial charge in [0, 0.05) is 54.6 Å². The number of aryl methyl sites for hydroxylation is 1. The van der Waals surface area contributed by atoms with Gasteiger partial charge in [-0.05, 0) is 36.1 Å². The zero-order chi connectivity index (χ0) is 22.9. The quantitative estimate of drug-likeness (QED) is 0.541. The number of hydrogen-bond donors (Lipinski definition) is 2. The summed E-state index contributed by atoms with van der Waals surface area (Å²) < 4.78 is 26.7. The summed E-state index contributed by atoms with van der Waals surface area (Å²) in [6.45, 7) is 0.828. The van der Waals surface area contributed by atoms with Crippen LogP contribution in [0, 0.1) is 11.7 Å². The monoisotopic (exact) mass is 449 g/mol. The van der Waals surface area contributed by atoms with E-state index in [2.05, 4.69) is 15.4 Å². The predicted octanol–water partition coefficient (Wildman–Crippen LogP) is 3.98. The molecule has 4 atom stereocenters. The highest BCUT2D eigenvalue weighted by Crippen LogP contribution is 2.40. The Morgan fingerprint density at radius 2 is 2.21 bits per heavy atom. The van der Waals surface area contributed by atoms with Crippen molar-refractivity contribution in [2.75, 3.05) is 24.8 Å². The van der Waals surface area contributed by atoms with Crippen molar-refractivity contribution in [3.05, 3.63) is 71.4 Å². The van der Waals surface area contributed by atoms with E-state index in [4.69, 9.17) is 15.2 Å². The number of methoxy groups -OCH3 is 1. The Morgan fingerprint density at radius 1 is 1.33 bits per heavy atom. The van der Waals surface area contributed by atoms with Crippen LogP contribution in [0.1, 0.15) is 35.4 Å². The van der Waals surface area contributed by atoms with Gasteiger partial charge in [0.25, 0.3) is 0 Å². The predicted molar refractivity (Wildman–Crippen MR) is 126 cm³/mol. The van der Waals surface area contributed by atoms with Crippen LogP contribution in [0.25, 0.3) is 6.08 Å². The average molecular weight is 450 g/mol. The molecule has 0 radical (unpaired) electrons. The maximum absolute atomic E-state index is 14.4. The molecule has 1 saturated heterocycles. The van der Waals surface area contributed by atoms with Crippen molar-refractivity contribution >= 4 is 17.6 Å². The van der Waals surface area contributed by atoms with Gasteiger partial charge in [-0.25, -0.2) is 9.37 Å². The highest BCUT2D eigenvalue weighted by atomic mass is 19.1. The van der Waals surface area contributed by atoms with Crippen LogP contribution in [0.5, 0.6) is 5.75 Å². The van der Waals surface area contributed by atoms with Crippen molar-refractivity contribution in [1.29, 1.82) is 0 Å². The van der Waals surface area contributed by atoms with Crippen molar-refractivity contribution in [3.63, 3.8) is 0 Å². The third kappa shape index (κ3) is 4.30. The van der Waals surface area contributed by atoms with Crippen molar-refractivity contribution in [2.24, 2.45) is 13.0 Å². The molecule has 1 aliphatic carbocycles. The number of nitrogen functional groups attached to an aromatic ring is 1. The van der Waals surface area contributed by atoms with E-state index in [9.17, 15) is 4.39 Å². The van der Waals surface area contributed by atoms with Gasteiger partial charge in [-0.15, -0.1) is 0 Å². The maximum atomic E-state index is 14.4. The van der Waals surface area contributed by atoms with Crippen LogP contribution in [0.2, 0.25) is 0 Å². The third-order valence-corrected chi connectivity index (χ3v) is 6.66. The topological polar surface area (TPSA) is 87.2 Å². The van der Waals surface area contributed by atoms with Gasteiger partial charge in [-0.2, -0.15) is 5.10 Å². The lowest BCUT2D eigenvalue weighted by Gasteiger charge is -2.52. The molecule has 33 heavy (non-hydrogen) atoms.